The molecule has 0 saturated heterocycles. The van der Waals surface area contributed by atoms with E-state index >= 15 is 0 Å². The molecular formula is C27H22ClN5O2. The van der Waals surface area contributed by atoms with Crippen LogP contribution in [-0.2, 0) is 13.2 Å². The van der Waals surface area contributed by atoms with Crippen molar-refractivity contribution in [3.8, 4) is 5.75 Å². The number of nitrogens with one attached hydrogen (secondary N) is 1. The SMILES string of the molecule is Cc1cc(NC(=O)c2cnnc3ccccc23)nn1Cc1cc(Cl)ccc1OCc1ccccc1. The van der Waals surface area contributed by atoms with Crippen LogP contribution in [0.2, 0.25) is 5.02 Å². The zero-order valence-corrected chi connectivity index (χ0v) is 19.7. The number of halogens is 1. The van der Waals surface area contributed by atoms with E-state index in [1.807, 2.05) is 79.7 Å². The van der Waals surface area contributed by atoms with Crippen molar-refractivity contribution in [3.63, 3.8) is 0 Å². The monoisotopic (exact) mass is 483 g/mol. The third-order valence-corrected chi connectivity index (χ3v) is 5.83. The van der Waals surface area contributed by atoms with Crippen LogP contribution in [-0.4, -0.2) is 25.9 Å². The first-order valence-electron chi connectivity index (χ1n) is 11.1. The van der Waals surface area contributed by atoms with Gasteiger partial charge in [-0.2, -0.15) is 15.3 Å². The Hall–Kier alpha value is -4.23. The van der Waals surface area contributed by atoms with Gasteiger partial charge in [-0.3, -0.25) is 9.48 Å². The Labute approximate surface area is 207 Å². The number of nitrogens with zero attached hydrogens (tertiary/aromatic N) is 4. The summed E-state index contributed by atoms with van der Waals surface area (Å²) in [5.41, 5.74) is 3.95. The molecule has 1 amide bonds. The number of aromatic nitrogens is 4. The number of rotatable bonds is 7. The number of fused-ring (bicyclic) bond motifs is 1. The van der Waals surface area contributed by atoms with Crippen LogP contribution in [0.1, 0.15) is 27.2 Å². The third kappa shape index (κ3) is 5.15. The van der Waals surface area contributed by atoms with Gasteiger partial charge in [0.2, 0.25) is 0 Å². The second-order valence-electron chi connectivity index (χ2n) is 8.08. The fraction of sp³-hybridized carbons (Fsp3) is 0.111. The van der Waals surface area contributed by atoms with Crippen LogP contribution in [0.5, 0.6) is 5.75 Å². The number of hydrogen-bond donors (Lipinski definition) is 1. The molecule has 0 fully saturated rings. The summed E-state index contributed by atoms with van der Waals surface area (Å²) in [6.45, 7) is 2.82. The standard InChI is InChI=1S/C27H22ClN5O2/c1-18-13-26(30-27(34)23-15-29-31-24-10-6-5-9-22(23)24)32-33(18)16-20-14-21(28)11-12-25(20)35-17-19-7-3-2-4-8-19/h2-15H,16-17H2,1H3,(H,30,32,34). The number of benzene rings is 3. The first kappa shape index (κ1) is 22.6. The van der Waals surface area contributed by atoms with E-state index in [0.29, 0.717) is 35.1 Å². The summed E-state index contributed by atoms with van der Waals surface area (Å²) in [5, 5.41) is 16.8. The molecule has 5 rings (SSSR count). The first-order valence-corrected chi connectivity index (χ1v) is 11.5. The number of ether oxygens (including phenoxy) is 1. The Balaban J connectivity index is 1.34. The number of hydrogen-bond acceptors (Lipinski definition) is 5. The van der Waals surface area contributed by atoms with E-state index < -0.39 is 0 Å². The number of carbonyl (C=O) groups excluding carboxylic acids is 1. The maximum absolute atomic E-state index is 13.0. The first-order chi connectivity index (χ1) is 17.1. The highest BCUT2D eigenvalue weighted by Gasteiger charge is 2.15. The smallest absolute Gasteiger partial charge is 0.259 e. The fourth-order valence-corrected chi connectivity index (χ4v) is 4.01. The van der Waals surface area contributed by atoms with Gasteiger partial charge >= 0.3 is 0 Å². The molecule has 0 radical (unpaired) electrons. The van der Waals surface area contributed by atoms with E-state index in [-0.39, 0.29) is 5.91 Å². The van der Waals surface area contributed by atoms with Crippen LogP contribution < -0.4 is 10.1 Å². The van der Waals surface area contributed by atoms with Crippen molar-refractivity contribution in [3.05, 3.63) is 112 Å². The molecule has 0 aliphatic carbocycles. The Morgan fingerprint density at radius 2 is 1.83 bits per heavy atom. The maximum Gasteiger partial charge on any atom is 0.259 e. The lowest BCUT2D eigenvalue weighted by atomic mass is 10.1. The average molecular weight is 484 g/mol. The van der Waals surface area contributed by atoms with E-state index in [2.05, 4.69) is 20.6 Å². The van der Waals surface area contributed by atoms with Crippen molar-refractivity contribution in [1.29, 1.82) is 0 Å². The lowest BCUT2D eigenvalue weighted by Gasteiger charge is -2.13. The van der Waals surface area contributed by atoms with Crippen molar-refractivity contribution in [2.24, 2.45) is 0 Å². The van der Waals surface area contributed by atoms with Crippen LogP contribution in [0.15, 0.2) is 85.1 Å². The molecule has 3 aromatic carbocycles. The Bertz CT molecular complexity index is 1500. The highest BCUT2D eigenvalue weighted by Crippen LogP contribution is 2.26. The summed E-state index contributed by atoms with van der Waals surface area (Å²) in [5.74, 6) is 0.880. The quantitative estimate of drug-likeness (QED) is 0.322. The van der Waals surface area contributed by atoms with E-state index in [1.165, 1.54) is 6.20 Å². The molecule has 0 spiro atoms. The van der Waals surface area contributed by atoms with Gasteiger partial charge in [-0.15, -0.1) is 0 Å². The molecule has 8 heteroatoms. The van der Waals surface area contributed by atoms with Crippen molar-refractivity contribution in [1.82, 2.24) is 20.0 Å². The summed E-state index contributed by atoms with van der Waals surface area (Å²) >= 11 is 6.28. The normalized spacial score (nSPS) is 10.9. The minimum atomic E-state index is -0.296. The van der Waals surface area contributed by atoms with Gasteiger partial charge in [-0.25, -0.2) is 0 Å². The highest BCUT2D eigenvalue weighted by atomic mass is 35.5. The Morgan fingerprint density at radius 3 is 2.69 bits per heavy atom. The van der Waals surface area contributed by atoms with E-state index in [1.54, 1.807) is 10.7 Å². The molecule has 5 aromatic rings. The predicted octanol–water partition coefficient (Wildman–Crippen LogP) is 5.67. The molecule has 0 unspecified atom stereocenters. The summed E-state index contributed by atoms with van der Waals surface area (Å²) in [4.78, 5) is 13.0. The zero-order chi connectivity index (χ0) is 24.2. The van der Waals surface area contributed by atoms with Gasteiger partial charge in [0.15, 0.2) is 5.82 Å². The van der Waals surface area contributed by atoms with Gasteiger partial charge < -0.3 is 10.1 Å². The number of aryl methyl sites for hydroxylation is 1. The fourth-order valence-electron chi connectivity index (χ4n) is 3.81. The van der Waals surface area contributed by atoms with Crippen molar-refractivity contribution in [2.75, 3.05) is 5.32 Å². The zero-order valence-electron chi connectivity index (χ0n) is 19.0. The average Bonchev–Trinajstić information content (AvgIpc) is 3.21. The molecule has 0 saturated carbocycles. The second-order valence-corrected chi connectivity index (χ2v) is 8.52. The number of anilines is 1. The topological polar surface area (TPSA) is 81.9 Å². The lowest BCUT2D eigenvalue weighted by Crippen LogP contribution is -2.14. The molecule has 0 bridgehead atoms. The van der Waals surface area contributed by atoms with Crippen LogP contribution in [0.4, 0.5) is 5.82 Å². The summed E-state index contributed by atoms with van der Waals surface area (Å²) in [6.07, 6.45) is 1.46. The van der Waals surface area contributed by atoms with Gasteiger partial charge in [0.1, 0.15) is 12.4 Å². The largest absolute Gasteiger partial charge is 0.489 e. The molecule has 7 nitrogen and oxygen atoms in total. The van der Waals surface area contributed by atoms with Crippen LogP contribution in [0.25, 0.3) is 10.9 Å². The molecular weight excluding hydrogens is 462 g/mol. The maximum atomic E-state index is 13.0. The molecule has 0 aliphatic rings. The van der Waals surface area contributed by atoms with E-state index in [4.69, 9.17) is 16.3 Å². The van der Waals surface area contributed by atoms with Gasteiger partial charge in [0.05, 0.1) is 23.8 Å². The molecule has 0 atom stereocenters. The Kier molecular flexibility index (Phi) is 6.41. The van der Waals surface area contributed by atoms with Crippen LogP contribution in [0, 0.1) is 6.92 Å². The highest BCUT2D eigenvalue weighted by molar-refractivity contribution is 6.30. The molecule has 0 aliphatic heterocycles. The Morgan fingerprint density at radius 1 is 1.03 bits per heavy atom. The summed E-state index contributed by atoms with van der Waals surface area (Å²) in [7, 11) is 0. The van der Waals surface area contributed by atoms with E-state index in [9.17, 15) is 4.79 Å². The molecule has 1 N–H and O–H groups in total. The summed E-state index contributed by atoms with van der Waals surface area (Å²) < 4.78 is 7.88. The second kappa shape index (κ2) is 9.95. The van der Waals surface area contributed by atoms with Crippen LogP contribution >= 0.6 is 11.6 Å². The van der Waals surface area contributed by atoms with Crippen LogP contribution in [0.3, 0.4) is 0 Å². The number of carbonyl (C=O) groups is 1. The van der Waals surface area contributed by atoms with Crippen molar-refractivity contribution >= 4 is 34.2 Å². The molecule has 2 aromatic heterocycles. The molecule has 174 valence electrons. The lowest BCUT2D eigenvalue weighted by molar-refractivity contribution is 0.102. The summed E-state index contributed by atoms with van der Waals surface area (Å²) in [6, 6.07) is 24.7. The van der Waals surface area contributed by atoms with Gasteiger partial charge in [0, 0.05) is 27.7 Å². The minimum Gasteiger partial charge on any atom is -0.489 e. The number of amides is 1. The third-order valence-electron chi connectivity index (χ3n) is 5.59. The predicted molar refractivity (Wildman–Crippen MR) is 136 cm³/mol. The molecule has 35 heavy (non-hydrogen) atoms. The minimum absolute atomic E-state index is 0.296. The van der Waals surface area contributed by atoms with Gasteiger partial charge in [-0.05, 0) is 36.8 Å². The van der Waals surface area contributed by atoms with E-state index in [0.717, 1.165) is 28.0 Å². The van der Waals surface area contributed by atoms with Crippen molar-refractivity contribution < 1.29 is 9.53 Å². The van der Waals surface area contributed by atoms with Crippen molar-refractivity contribution in [2.45, 2.75) is 20.1 Å². The van der Waals surface area contributed by atoms with Gasteiger partial charge in [0.25, 0.3) is 5.91 Å². The molecule has 2 heterocycles. The van der Waals surface area contributed by atoms with Gasteiger partial charge in [-0.1, -0.05) is 60.1 Å².